The van der Waals surface area contributed by atoms with Crippen LogP contribution in [-0.4, -0.2) is 17.9 Å². The van der Waals surface area contributed by atoms with Crippen LogP contribution in [0.5, 0.6) is 0 Å². The molecule has 0 aliphatic rings. The molecule has 110 valence electrons. The topological polar surface area (TPSA) is 42.0 Å². The number of carbonyl (C=O) groups is 1. The predicted molar refractivity (Wildman–Crippen MR) is 90.6 cm³/mol. The Kier molecular flexibility index (Phi) is 4.01. The van der Waals surface area contributed by atoms with Crippen LogP contribution < -0.4 is 5.32 Å². The van der Waals surface area contributed by atoms with Gasteiger partial charge in [0.25, 0.3) is 5.91 Å². The molecular weight excluding hydrogens is 319 g/mol. The van der Waals surface area contributed by atoms with E-state index in [-0.39, 0.29) is 5.91 Å². The Balaban J connectivity index is 2.16. The van der Waals surface area contributed by atoms with Gasteiger partial charge >= 0.3 is 0 Å². The molecule has 0 atom stereocenters. The van der Waals surface area contributed by atoms with Gasteiger partial charge in [-0.25, -0.2) is 0 Å². The molecule has 3 aromatic rings. The van der Waals surface area contributed by atoms with Gasteiger partial charge in [-0.15, -0.1) is 0 Å². The summed E-state index contributed by atoms with van der Waals surface area (Å²) in [7, 11) is 1.61. The van der Waals surface area contributed by atoms with E-state index >= 15 is 0 Å². The summed E-state index contributed by atoms with van der Waals surface area (Å²) in [6.45, 7) is 0. The Hall–Kier alpha value is -2.10. The number of hydrogen-bond donors (Lipinski definition) is 1. The molecule has 1 aromatic heterocycles. The normalized spacial score (nSPS) is 10.7. The maximum atomic E-state index is 11.9. The second kappa shape index (κ2) is 5.95. The first-order valence-electron chi connectivity index (χ1n) is 6.66. The molecule has 1 heterocycles. The van der Waals surface area contributed by atoms with Gasteiger partial charge in [-0.2, -0.15) is 0 Å². The van der Waals surface area contributed by atoms with Crippen molar-refractivity contribution in [2.45, 2.75) is 0 Å². The highest BCUT2D eigenvalue weighted by molar-refractivity contribution is 6.35. The molecule has 22 heavy (non-hydrogen) atoms. The smallest absolute Gasteiger partial charge is 0.251 e. The molecule has 3 rings (SSSR count). The minimum atomic E-state index is -0.133. The number of benzene rings is 2. The van der Waals surface area contributed by atoms with Crippen molar-refractivity contribution in [3.63, 3.8) is 0 Å². The van der Waals surface area contributed by atoms with Gasteiger partial charge in [-0.05, 0) is 41.5 Å². The van der Waals surface area contributed by atoms with Crippen molar-refractivity contribution in [2.75, 3.05) is 7.05 Å². The van der Waals surface area contributed by atoms with Crippen LogP contribution >= 0.6 is 23.2 Å². The van der Waals surface area contributed by atoms with Gasteiger partial charge in [0, 0.05) is 28.7 Å². The summed E-state index contributed by atoms with van der Waals surface area (Å²) in [5.74, 6) is -0.133. The third-order valence-electron chi connectivity index (χ3n) is 3.41. The summed E-state index contributed by atoms with van der Waals surface area (Å²) >= 11 is 12.1. The van der Waals surface area contributed by atoms with Gasteiger partial charge in [0.1, 0.15) is 0 Å². The van der Waals surface area contributed by atoms with Crippen molar-refractivity contribution in [1.82, 2.24) is 10.3 Å². The van der Waals surface area contributed by atoms with Crippen LogP contribution in [-0.2, 0) is 0 Å². The molecule has 1 N–H and O–H groups in total. The third-order valence-corrected chi connectivity index (χ3v) is 3.85. The first kappa shape index (κ1) is 14.8. The average Bonchev–Trinajstić information content (AvgIpc) is 2.52. The lowest BCUT2D eigenvalue weighted by Crippen LogP contribution is -2.18. The zero-order chi connectivity index (χ0) is 15.7. The Bertz CT molecular complexity index is 857. The van der Waals surface area contributed by atoms with Gasteiger partial charge in [0.2, 0.25) is 0 Å². The number of amides is 1. The maximum absolute atomic E-state index is 11.9. The van der Waals surface area contributed by atoms with Gasteiger partial charge in [0.05, 0.1) is 11.1 Å². The molecule has 0 radical (unpaired) electrons. The Morgan fingerprint density at radius 3 is 2.41 bits per heavy atom. The number of pyridine rings is 1. The summed E-state index contributed by atoms with van der Waals surface area (Å²) in [4.78, 5) is 16.2. The highest BCUT2D eigenvalue weighted by Gasteiger charge is 2.10. The summed E-state index contributed by atoms with van der Waals surface area (Å²) < 4.78 is 0. The van der Waals surface area contributed by atoms with Crippen molar-refractivity contribution in [3.05, 3.63) is 64.3 Å². The Labute approximate surface area is 137 Å². The molecule has 0 spiro atoms. The number of nitrogens with one attached hydrogen (secondary N) is 1. The number of aromatic nitrogens is 1. The predicted octanol–water partition coefficient (Wildman–Crippen LogP) is 4.57. The first-order chi connectivity index (χ1) is 10.6. The zero-order valence-electron chi connectivity index (χ0n) is 11.7. The number of hydrogen-bond acceptors (Lipinski definition) is 2. The van der Waals surface area contributed by atoms with Crippen LogP contribution in [0, 0.1) is 0 Å². The molecule has 0 aliphatic heterocycles. The van der Waals surface area contributed by atoms with Crippen molar-refractivity contribution in [2.24, 2.45) is 0 Å². The zero-order valence-corrected chi connectivity index (χ0v) is 13.2. The summed E-state index contributed by atoms with van der Waals surface area (Å²) in [6.07, 6.45) is 1.63. The van der Waals surface area contributed by atoms with Gasteiger partial charge in [0.15, 0.2) is 0 Å². The molecule has 0 bridgehead atoms. The van der Waals surface area contributed by atoms with E-state index < -0.39 is 0 Å². The number of rotatable bonds is 2. The lowest BCUT2D eigenvalue weighted by atomic mass is 10.0. The van der Waals surface area contributed by atoms with Crippen molar-refractivity contribution >= 4 is 40.0 Å². The average molecular weight is 331 g/mol. The van der Waals surface area contributed by atoms with Gasteiger partial charge in [-0.3, -0.25) is 9.78 Å². The lowest BCUT2D eigenvalue weighted by Gasteiger charge is -2.08. The van der Waals surface area contributed by atoms with Crippen LogP contribution in [0.3, 0.4) is 0 Å². The second-order valence-corrected chi connectivity index (χ2v) is 5.70. The van der Waals surface area contributed by atoms with Crippen LogP contribution in [0.1, 0.15) is 10.4 Å². The molecule has 0 fully saturated rings. The molecule has 3 nitrogen and oxygen atoms in total. The number of fused-ring (bicyclic) bond motifs is 1. The minimum Gasteiger partial charge on any atom is -0.355 e. The molecule has 1 amide bonds. The van der Waals surface area contributed by atoms with Crippen molar-refractivity contribution in [1.29, 1.82) is 0 Å². The van der Waals surface area contributed by atoms with Gasteiger partial charge in [-0.1, -0.05) is 35.3 Å². The van der Waals surface area contributed by atoms with Crippen LogP contribution in [0.4, 0.5) is 0 Å². The third kappa shape index (κ3) is 2.78. The van der Waals surface area contributed by atoms with E-state index in [0.29, 0.717) is 15.6 Å². The fourth-order valence-corrected chi connectivity index (χ4v) is 2.91. The van der Waals surface area contributed by atoms with E-state index in [1.54, 1.807) is 25.4 Å². The lowest BCUT2D eigenvalue weighted by molar-refractivity contribution is 0.0964. The standard InChI is InChI=1S/C17H12Cl2N2O/c1-20-17(22)15-4-5-21-16-8-10(2-3-14(15)16)11-6-12(18)9-13(19)7-11/h2-9H,1H3,(H,20,22). The number of halogens is 2. The summed E-state index contributed by atoms with van der Waals surface area (Å²) in [5, 5.41) is 4.59. The van der Waals surface area contributed by atoms with E-state index in [0.717, 1.165) is 22.0 Å². The van der Waals surface area contributed by atoms with Gasteiger partial charge < -0.3 is 5.32 Å². The van der Waals surface area contributed by atoms with E-state index in [9.17, 15) is 4.79 Å². The molecule has 0 saturated heterocycles. The molecule has 5 heteroatoms. The molecule has 0 aliphatic carbocycles. The Morgan fingerprint density at radius 1 is 1.00 bits per heavy atom. The highest BCUT2D eigenvalue weighted by Crippen LogP contribution is 2.29. The van der Waals surface area contributed by atoms with E-state index in [2.05, 4.69) is 10.3 Å². The van der Waals surface area contributed by atoms with E-state index in [1.807, 2.05) is 30.3 Å². The molecule has 0 unspecified atom stereocenters. The second-order valence-electron chi connectivity index (χ2n) is 4.83. The van der Waals surface area contributed by atoms with Crippen LogP contribution in [0.15, 0.2) is 48.7 Å². The Morgan fingerprint density at radius 2 is 1.73 bits per heavy atom. The summed E-state index contributed by atoms with van der Waals surface area (Å²) in [5.41, 5.74) is 3.20. The first-order valence-corrected chi connectivity index (χ1v) is 7.41. The summed E-state index contributed by atoms with van der Waals surface area (Å²) in [6, 6.07) is 12.8. The monoisotopic (exact) mass is 330 g/mol. The minimum absolute atomic E-state index is 0.133. The van der Waals surface area contributed by atoms with E-state index in [1.165, 1.54) is 0 Å². The largest absolute Gasteiger partial charge is 0.355 e. The number of nitrogens with zero attached hydrogens (tertiary/aromatic N) is 1. The number of carbonyl (C=O) groups excluding carboxylic acids is 1. The maximum Gasteiger partial charge on any atom is 0.251 e. The van der Waals surface area contributed by atoms with Crippen LogP contribution in [0.2, 0.25) is 10.0 Å². The SMILES string of the molecule is CNC(=O)c1ccnc2cc(-c3cc(Cl)cc(Cl)c3)ccc12. The van der Waals surface area contributed by atoms with E-state index in [4.69, 9.17) is 23.2 Å². The van der Waals surface area contributed by atoms with Crippen molar-refractivity contribution in [3.8, 4) is 11.1 Å². The van der Waals surface area contributed by atoms with Crippen molar-refractivity contribution < 1.29 is 4.79 Å². The van der Waals surface area contributed by atoms with Crippen LogP contribution in [0.25, 0.3) is 22.0 Å². The quantitative estimate of drug-likeness (QED) is 0.747. The molecule has 2 aromatic carbocycles. The fraction of sp³-hybridized carbons (Fsp3) is 0.0588. The molecular formula is C17H12Cl2N2O. The molecule has 0 saturated carbocycles. The highest BCUT2D eigenvalue weighted by atomic mass is 35.5. The fourth-order valence-electron chi connectivity index (χ4n) is 2.38.